The van der Waals surface area contributed by atoms with E-state index in [9.17, 15) is 0 Å². The van der Waals surface area contributed by atoms with Crippen molar-refractivity contribution >= 4 is 39.3 Å². The zero-order valence-corrected chi connectivity index (χ0v) is 27.5. The molecule has 0 amide bonds. The van der Waals surface area contributed by atoms with Crippen molar-refractivity contribution < 1.29 is 0 Å². The van der Waals surface area contributed by atoms with E-state index in [0.29, 0.717) is 0 Å². The van der Waals surface area contributed by atoms with E-state index in [0.717, 1.165) is 42.1 Å². The molecule has 0 aliphatic carbocycles. The first-order chi connectivity index (χ1) is 19.6. The lowest BCUT2D eigenvalue weighted by atomic mass is 10.0. The molecule has 0 spiro atoms. The molecule has 4 nitrogen and oxygen atoms in total. The van der Waals surface area contributed by atoms with Crippen LogP contribution in [0.4, 0.5) is 11.4 Å². The first-order valence-electron chi connectivity index (χ1n) is 14.6. The van der Waals surface area contributed by atoms with Gasteiger partial charge in [0.05, 0.1) is 11.4 Å². The van der Waals surface area contributed by atoms with Gasteiger partial charge < -0.3 is 0 Å². The second-order valence-corrected chi connectivity index (χ2v) is 21.8. The topological polar surface area (TPSA) is 31.2 Å². The molecule has 212 valence electrons. The van der Waals surface area contributed by atoms with Crippen molar-refractivity contribution in [1.82, 2.24) is 0 Å². The Kier molecular flexibility index (Phi) is 10.1. The minimum absolute atomic E-state index is 0.863. The van der Waals surface area contributed by atoms with Gasteiger partial charge in [-0.2, -0.15) is 10.2 Å². The van der Waals surface area contributed by atoms with E-state index >= 15 is 0 Å². The van der Waals surface area contributed by atoms with E-state index in [1.54, 1.807) is 0 Å². The van der Waals surface area contributed by atoms with Gasteiger partial charge in [0.1, 0.15) is 0 Å². The Hall–Kier alpha value is -3.75. The van der Waals surface area contributed by atoms with E-state index in [2.05, 4.69) is 170 Å². The zero-order valence-electron chi connectivity index (χ0n) is 25.5. The molecule has 0 saturated heterocycles. The maximum atomic E-state index is 5.37. The van der Waals surface area contributed by atoms with Crippen LogP contribution in [0.25, 0.3) is 0 Å². The first kappa shape index (κ1) is 30.2. The molecule has 0 unspecified atom stereocenters. The van der Waals surface area contributed by atoms with Crippen molar-refractivity contribution in [2.24, 2.45) is 10.2 Å². The monoisotopic (exact) mass is 576 g/mol. The van der Waals surface area contributed by atoms with Gasteiger partial charge in [0.2, 0.25) is 0 Å². The van der Waals surface area contributed by atoms with Crippen molar-refractivity contribution in [3.05, 3.63) is 132 Å². The Morgan fingerprint density at radius 1 is 0.463 bits per heavy atom. The van der Waals surface area contributed by atoms with Gasteiger partial charge in [-0.1, -0.05) is 97.1 Å². The highest BCUT2D eigenvalue weighted by Crippen LogP contribution is 2.25. The maximum absolute atomic E-state index is 5.37. The largest absolute Gasteiger partial charge is 0.295 e. The number of nitrogens with zero attached hydrogens (tertiary/aromatic N) is 4. The van der Waals surface area contributed by atoms with Crippen LogP contribution in [0.3, 0.4) is 0 Å². The van der Waals surface area contributed by atoms with Crippen molar-refractivity contribution in [3.8, 4) is 0 Å². The van der Waals surface area contributed by atoms with Crippen LogP contribution >= 0.6 is 0 Å². The van der Waals surface area contributed by atoms with Crippen LogP contribution in [0.1, 0.15) is 30.4 Å². The number of hydrogen-bond acceptors (Lipinski definition) is 4. The highest BCUT2D eigenvalue weighted by Gasteiger charge is 2.27. The van der Waals surface area contributed by atoms with Crippen molar-refractivity contribution in [2.75, 3.05) is 9.35 Å². The van der Waals surface area contributed by atoms with Crippen LogP contribution in [-0.2, 0) is 0 Å². The number of rotatable bonds is 12. The average molecular weight is 577 g/mol. The molecule has 0 heterocycles. The molecule has 0 saturated carbocycles. The van der Waals surface area contributed by atoms with E-state index in [1.165, 1.54) is 11.1 Å². The summed E-state index contributed by atoms with van der Waals surface area (Å²) in [6.07, 6.45) is 2.67. The summed E-state index contributed by atoms with van der Waals surface area (Å²) in [5.74, 6) is 0. The summed E-state index contributed by atoms with van der Waals surface area (Å²) < 4.78 is 4.59. The molecule has 0 atom stereocenters. The highest BCUT2D eigenvalue weighted by atomic mass is 28.3. The van der Waals surface area contributed by atoms with Crippen LogP contribution in [0.5, 0.6) is 0 Å². The van der Waals surface area contributed by atoms with E-state index in [1.807, 2.05) is 0 Å². The number of benzene rings is 4. The SMILES string of the molecule is C[Si](C)(C)N(N=C(CCCC(=NN(c1ccccc1)[Si](C)(C)C)c1ccccc1)c1ccccc1)c1ccccc1. The molecule has 41 heavy (non-hydrogen) atoms. The highest BCUT2D eigenvalue weighted by molar-refractivity contribution is 6.80. The molecular weight excluding hydrogens is 533 g/mol. The fourth-order valence-corrected chi connectivity index (χ4v) is 7.45. The van der Waals surface area contributed by atoms with Gasteiger partial charge in [-0.15, -0.1) is 0 Å². The molecule has 0 aliphatic heterocycles. The molecule has 0 fully saturated rings. The average Bonchev–Trinajstić information content (AvgIpc) is 2.97. The fraction of sp³-hybridized carbons (Fsp3) is 0.257. The summed E-state index contributed by atoms with van der Waals surface area (Å²) in [5, 5.41) is 10.7. The summed E-state index contributed by atoms with van der Waals surface area (Å²) in [6.45, 7) is 14.1. The van der Waals surface area contributed by atoms with Crippen molar-refractivity contribution in [3.63, 3.8) is 0 Å². The number of hydrogen-bond donors (Lipinski definition) is 0. The van der Waals surface area contributed by atoms with Gasteiger partial charge in [-0.05, 0) is 93.9 Å². The predicted octanol–water partition coefficient (Wildman–Crippen LogP) is 9.65. The minimum atomic E-state index is -1.80. The summed E-state index contributed by atoms with van der Waals surface area (Å²) in [5.41, 5.74) is 6.90. The summed E-state index contributed by atoms with van der Waals surface area (Å²) in [7, 11) is -3.59. The Morgan fingerprint density at radius 3 is 1.05 bits per heavy atom. The Labute approximate surface area is 249 Å². The van der Waals surface area contributed by atoms with Crippen molar-refractivity contribution in [2.45, 2.75) is 58.5 Å². The summed E-state index contributed by atoms with van der Waals surface area (Å²) >= 11 is 0. The Bertz CT molecular complexity index is 1300. The number of para-hydroxylation sites is 2. The van der Waals surface area contributed by atoms with Gasteiger partial charge in [0.25, 0.3) is 0 Å². The molecule has 0 bridgehead atoms. The molecule has 4 aromatic rings. The van der Waals surface area contributed by atoms with E-state index in [-0.39, 0.29) is 0 Å². The second-order valence-electron chi connectivity index (χ2n) is 12.3. The third-order valence-electron chi connectivity index (χ3n) is 6.75. The standard InChI is InChI=1S/C35H44N4Si2/c1-40(2,3)38(32-24-15-9-16-25-32)36-34(30-20-11-7-12-21-30)28-19-29-35(31-22-13-8-14-23-31)37-39(41(4,5)6)33-26-17-10-18-27-33/h7-18,20-27H,19,28-29H2,1-6H3. The molecule has 4 aromatic carbocycles. The normalized spacial score (nSPS) is 12.7. The lowest BCUT2D eigenvalue weighted by Crippen LogP contribution is -2.43. The zero-order chi connectivity index (χ0) is 29.3. The van der Waals surface area contributed by atoms with Crippen LogP contribution in [0, 0.1) is 0 Å². The summed E-state index contributed by atoms with van der Waals surface area (Å²) in [4.78, 5) is 0. The molecule has 4 rings (SSSR count). The third kappa shape index (κ3) is 8.62. The minimum Gasteiger partial charge on any atom is -0.295 e. The molecule has 0 aliphatic rings. The number of anilines is 2. The maximum Gasteiger partial charge on any atom is 0.176 e. The van der Waals surface area contributed by atoms with Gasteiger partial charge in [-0.3, -0.25) is 9.35 Å². The molecule has 0 radical (unpaired) electrons. The molecular formula is C35H44N4Si2. The quantitative estimate of drug-likeness (QED) is 0.0955. The predicted molar refractivity (Wildman–Crippen MR) is 184 cm³/mol. The second kappa shape index (κ2) is 13.7. The first-order valence-corrected chi connectivity index (χ1v) is 21.5. The lowest BCUT2D eigenvalue weighted by molar-refractivity contribution is 0.905. The van der Waals surface area contributed by atoms with Crippen LogP contribution in [-0.4, -0.2) is 27.9 Å². The van der Waals surface area contributed by atoms with Gasteiger partial charge in [-0.25, -0.2) is 0 Å². The third-order valence-corrected chi connectivity index (χ3v) is 10.0. The summed E-state index contributed by atoms with van der Waals surface area (Å²) in [6, 6.07) is 42.5. The molecule has 0 aromatic heterocycles. The van der Waals surface area contributed by atoms with Gasteiger partial charge in [0, 0.05) is 11.4 Å². The van der Waals surface area contributed by atoms with E-state index in [4.69, 9.17) is 10.2 Å². The number of hydrazone groups is 2. The Balaban J connectivity index is 1.68. The van der Waals surface area contributed by atoms with E-state index < -0.39 is 16.5 Å². The fourth-order valence-electron chi connectivity index (χ4n) is 4.76. The molecule has 0 N–H and O–H groups in total. The lowest BCUT2D eigenvalue weighted by Gasteiger charge is -2.33. The van der Waals surface area contributed by atoms with Crippen LogP contribution in [0.2, 0.25) is 39.3 Å². The van der Waals surface area contributed by atoms with Gasteiger partial charge in [0.15, 0.2) is 16.5 Å². The Morgan fingerprint density at radius 2 is 0.756 bits per heavy atom. The smallest absolute Gasteiger partial charge is 0.176 e. The van der Waals surface area contributed by atoms with Gasteiger partial charge >= 0.3 is 0 Å². The van der Waals surface area contributed by atoms with Crippen molar-refractivity contribution in [1.29, 1.82) is 0 Å². The van der Waals surface area contributed by atoms with Crippen LogP contribution in [0.15, 0.2) is 132 Å². The molecule has 6 heteroatoms. The van der Waals surface area contributed by atoms with Crippen LogP contribution < -0.4 is 9.35 Å².